The number of rotatable bonds is 7. The minimum atomic E-state index is 0.0328. The molecule has 0 saturated heterocycles. The van der Waals surface area contributed by atoms with E-state index in [9.17, 15) is 4.79 Å². The third kappa shape index (κ3) is 5.21. The zero-order chi connectivity index (χ0) is 11.6. The molecule has 1 amide bonds. The van der Waals surface area contributed by atoms with Crippen molar-refractivity contribution in [2.75, 3.05) is 18.6 Å². The first-order valence-corrected chi connectivity index (χ1v) is 7.06. The van der Waals surface area contributed by atoms with Gasteiger partial charge in [0, 0.05) is 12.1 Å². The van der Waals surface area contributed by atoms with Crippen LogP contribution < -0.4 is 5.32 Å². The summed E-state index contributed by atoms with van der Waals surface area (Å²) in [6, 6.07) is 9.35. The van der Waals surface area contributed by atoms with Crippen LogP contribution >= 0.6 is 11.8 Å². The normalized spacial score (nSPS) is 10.1. The van der Waals surface area contributed by atoms with Crippen molar-refractivity contribution in [3.8, 4) is 0 Å². The lowest BCUT2D eigenvalue weighted by Crippen LogP contribution is -2.24. The number of carbonyl (C=O) groups excluding carboxylic acids is 1. The van der Waals surface area contributed by atoms with Crippen molar-refractivity contribution in [3.05, 3.63) is 35.9 Å². The number of benzene rings is 1. The summed E-state index contributed by atoms with van der Waals surface area (Å²) in [5.74, 6) is 1.25. The summed E-state index contributed by atoms with van der Waals surface area (Å²) in [5, 5.41) is 2.93. The molecule has 1 aromatic rings. The summed E-state index contributed by atoms with van der Waals surface area (Å²) in [6.45, 7) is 0.780. The zero-order valence-corrected chi connectivity index (χ0v) is 10.6. The number of unbranched alkanes of at least 4 members (excludes halogenated alkanes) is 2. The summed E-state index contributed by atoms with van der Waals surface area (Å²) in [6.07, 6.45) is 5.62. The van der Waals surface area contributed by atoms with Crippen molar-refractivity contribution in [1.29, 1.82) is 0 Å². The Bertz CT molecular complexity index is 300. The van der Waals surface area contributed by atoms with Crippen LogP contribution in [0, 0.1) is 0 Å². The van der Waals surface area contributed by atoms with Gasteiger partial charge in [0.1, 0.15) is 0 Å². The number of amides is 1. The van der Waals surface area contributed by atoms with E-state index in [1.807, 2.05) is 42.1 Å². The second-order valence-electron chi connectivity index (χ2n) is 3.68. The molecule has 0 aliphatic heterocycles. The van der Waals surface area contributed by atoms with E-state index in [1.54, 1.807) is 0 Å². The first kappa shape index (κ1) is 13.1. The number of hydrogen-bond donors (Lipinski definition) is 1. The molecule has 88 valence electrons. The standard InChI is InChI=1S/C13H19NOS/c1-16-11-7-3-6-10-14-13(15)12-8-4-2-5-9-12/h2,4-5,8-9H,3,6-7,10-11H2,1H3,(H,14,15). The van der Waals surface area contributed by atoms with E-state index in [0.29, 0.717) is 0 Å². The predicted octanol–water partition coefficient (Wildman–Crippen LogP) is 2.95. The highest BCUT2D eigenvalue weighted by molar-refractivity contribution is 7.98. The smallest absolute Gasteiger partial charge is 0.251 e. The van der Waals surface area contributed by atoms with Gasteiger partial charge in [-0.2, -0.15) is 11.8 Å². The Kier molecular flexibility index (Phi) is 6.74. The monoisotopic (exact) mass is 237 g/mol. The van der Waals surface area contributed by atoms with Gasteiger partial charge in [0.25, 0.3) is 5.91 Å². The highest BCUT2D eigenvalue weighted by atomic mass is 32.2. The SMILES string of the molecule is CSCCCCCNC(=O)c1ccccc1. The van der Waals surface area contributed by atoms with E-state index >= 15 is 0 Å². The van der Waals surface area contributed by atoms with Gasteiger partial charge in [0.05, 0.1) is 0 Å². The van der Waals surface area contributed by atoms with Crippen molar-refractivity contribution >= 4 is 17.7 Å². The number of nitrogens with one attached hydrogen (secondary N) is 1. The van der Waals surface area contributed by atoms with Gasteiger partial charge in [-0.25, -0.2) is 0 Å². The van der Waals surface area contributed by atoms with Crippen LogP contribution in [0.15, 0.2) is 30.3 Å². The highest BCUT2D eigenvalue weighted by Crippen LogP contribution is 2.02. The quantitative estimate of drug-likeness (QED) is 0.739. The van der Waals surface area contributed by atoms with Crippen molar-refractivity contribution in [3.63, 3.8) is 0 Å². The van der Waals surface area contributed by atoms with Gasteiger partial charge in [-0.15, -0.1) is 0 Å². The van der Waals surface area contributed by atoms with Crippen LogP contribution in [0.1, 0.15) is 29.6 Å². The molecular formula is C13H19NOS. The molecule has 1 aromatic carbocycles. The fourth-order valence-electron chi connectivity index (χ4n) is 1.44. The van der Waals surface area contributed by atoms with Crippen LogP contribution in [0.3, 0.4) is 0 Å². The summed E-state index contributed by atoms with van der Waals surface area (Å²) in [5.41, 5.74) is 0.742. The molecule has 0 aliphatic carbocycles. The first-order valence-electron chi connectivity index (χ1n) is 5.67. The van der Waals surface area contributed by atoms with Gasteiger partial charge >= 0.3 is 0 Å². The molecule has 0 fully saturated rings. The summed E-state index contributed by atoms with van der Waals surface area (Å²) in [4.78, 5) is 11.6. The van der Waals surface area contributed by atoms with Gasteiger partial charge in [-0.1, -0.05) is 24.6 Å². The largest absolute Gasteiger partial charge is 0.352 e. The molecule has 1 rings (SSSR count). The maximum absolute atomic E-state index is 11.6. The average Bonchev–Trinajstić information content (AvgIpc) is 2.34. The molecule has 0 atom stereocenters. The molecule has 0 aromatic heterocycles. The van der Waals surface area contributed by atoms with E-state index in [1.165, 1.54) is 18.6 Å². The Hall–Kier alpha value is -0.960. The van der Waals surface area contributed by atoms with Crippen molar-refractivity contribution in [2.24, 2.45) is 0 Å². The minimum absolute atomic E-state index is 0.0328. The van der Waals surface area contributed by atoms with Gasteiger partial charge in [-0.05, 0) is 37.0 Å². The molecule has 0 unspecified atom stereocenters. The molecule has 0 heterocycles. The Morgan fingerprint density at radius 2 is 1.94 bits per heavy atom. The fraction of sp³-hybridized carbons (Fsp3) is 0.462. The van der Waals surface area contributed by atoms with Gasteiger partial charge in [-0.3, -0.25) is 4.79 Å². The predicted molar refractivity (Wildman–Crippen MR) is 71.0 cm³/mol. The van der Waals surface area contributed by atoms with Gasteiger partial charge < -0.3 is 5.32 Å². The molecular weight excluding hydrogens is 218 g/mol. The molecule has 1 N–H and O–H groups in total. The minimum Gasteiger partial charge on any atom is -0.352 e. The number of hydrogen-bond acceptors (Lipinski definition) is 2. The van der Waals surface area contributed by atoms with E-state index in [2.05, 4.69) is 11.6 Å². The third-order valence-corrected chi connectivity index (χ3v) is 3.04. The molecule has 0 spiro atoms. The van der Waals surface area contributed by atoms with Crippen LogP contribution in [0.2, 0.25) is 0 Å². The van der Waals surface area contributed by atoms with Crippen LogP contribution in [-0.2, 0) is 0 Å². The Labute approximate surface area is 102 Å². The summed E-state index contributed by atoms with van der Waals surface area (Å²) < 4.78 is 0. The fourth-order valence-corrected chi connectivity index (χ4v) is 1.93. The molecule has 2 nitrogen and oxygen atoms in total. The van der Waals surface area contributed by atoms with E-state index in [0.717, 1.165) is 18.5 Å². The maximum atomic E-state index is 11.6. The average molecular weight is 237 g/mol. The van der Waals surface area contributed by atoms with E-state index in [4.69, 9.17) is 0 Å². The lowest BCUT2D eigenvalue weighted by atomic mass is 10.2. The first-order chi connectivity index (χ1) is 7.84. The lowest BCUT2D eigenvalue weighted by Gasteiger charge is -2.04. The van der Waals surface area contributed by atoms with Crippen molar-refractivity contribution < 1.29 is 4.79 Å². The lowest BCUT2D eigenvalue weighted by molar-refractivity contribution is 0.0953. The zero-order valence-electron chi connectivity index (χ0n) is 9.74. The second kappa shape index (κ2) is 8.22. The molecule has 16 heavy (non-hydrogen) atoms. The number of thioether (sulfide) groups is 1. The summed E-state index contributed by atoms with van der Waals surface area (Å²) in [7, 11) is 0. The highest BCUT2D eigenvalue weighted by Gasteiger charge is 2.02. The van der Waals surface area contributed by atoms with Crippen LogP contribution in [0.5, 0.6) is 0 Å². The van der Waals surface area contributed by atoms with Crippen molar-refractivity contribution in [2.45, 2.75) is 19.3 Å². The Morgan fingerprint density at radius 3 is 2.62 bits per heavy atom. The molecule has 3 heteroatoms. The van der Waals surface area contributed by atoms with Gasteiger partial charge in [0.15, 0.2) is 0 Å². The molecule has 0 aliphatic rings. The topological polar surface area (TPSA) is 29.1 Å². The van der Waals surface area contributed by atoms with Crippen molar-refractivity contribution in [1.82, 2.24) is 5.32 Å². The third-order valence-electron chi connectivity index (χ3n) is 2.35. The molecule has 0 radical (unpaired) electrons. The second-order valence-corrected chi connectivity index (χ2v) is 4.66. The van der Waals surface area contributed by atoms with Crippen LogP contribution in [0.25, 0.3) is 0 Å². The van der Waals surface area contributed by atoms with E-state index < -0.39 is 0 Å². The Balaban J connectivity index is 2.12. The summed E-state index contributed by atoms with van der Waals surface area (Å²) >= 11 is 1.88. The van der Waals surface area contributed by atoms with Crippen LogP contribution in [-0.4, -0.2) is 24.5 Å². The van der Waals surface area contributed by atoms with Gasteiger partial charge in [0.2, 0.25) is 0 Å². The molecule has 0 saturated carbocycles. The van der Waals surface area contributed by atoms with E-state index in [-0.39, 0.29) is 5.91 Å². The maximum Gasteiger partial charge on any atom is 0.251 e. The van der Waals surface area contributed by atoms with Crippen LogP contribution in [0.4, 0.5) is 0 Å². The Morgan fingerprint density at radius 1 is 1.19 bits per heavy atom. The number of carbonyl (C=O) groups is 1. The molecule has 0 bridgehead atoms.